The third-order valence-electron chi connectivity index (χ3n) is 4.25. The first-order valence-corrected chi connectivity index (χ1v) is 10.3. The summed E-state index contributed by atoms with van der Waals surface area (Å²) < 4.78 is 0. The maximum atomic E-state index is 4.91. The van der Waals surface area contributed by atoms with Crippen molar-refractivity contribution < 1.29 is 0 Å². The van der Waals surface area contributed by atoms with Gasteiger partial charge in [0.15, 0.2) is 5.16 Å². The summed E-state index contributed by atoms with van der Waals surface area (Å²) in [5.74, 6) is 1.82. The number of thiol groups is 1. The first-order valence-electron chi connectivity index (χ1n) is 8.82. The van der Waals surface area contributed by atoms with Crippen LogP contribution in [0.1, 0.15) is 17.5 Å². The molecule has 0 spiro atoms. The summed E-state index contributed by atoms with van der Waals surface area (Å²) in [5.41, 5.74) is 4.23. The Labute approximate surface area is 168 Å². The van der Waals surface area contributed by atoms with Crippen LogP contribution >= 0.6 is 24.4 Å². The van der Waals surface area contributed by atoms with Gasteiger partial charge < -0.3 is 9.97 Å². The van der Waals surface area contributed by atoms with E-state index in [1.54, 1.807) is 18.0 Å². The van der Waals surface area contributed by atoms with E-state index in [1.165, 1.54) is 0 Å². The lowest BCUT2D eigenvalue weighted by Crippen LogP contribution is -1.96. The molecule has 1 atom stereocenters. The minimum Gasteiger partial charge on any atom is -0.341 e. The number of rotatable bonds is 7. The predicted molar refractivity (Wildman–Crippen MR) is 115 cm³/mol. The fourth-order valence-electron chi connectivity index (χ4n) is 2.90. The molecular formula is C21H20N4S2. The van der Waals surface area contributed by atoms with E-state index >= 15 is 0 Å². The summed E-state index contributed by atoms with van der Waals surface area (Å²) in [7, 11) is 0. The molecule has 1 unspecified atom stereocenters. The van der Waals surface area contributed by atoms with Crippen LogP contribution in [0.4, 0.5) is 0 Å². The second kappa shape index (κ2) is 8.50. The van der Waals surface area contributed by atoms with Gasteiger partial charge in [0.1, 0.15) is 5.82 Å². The SMILES string of the molecule is SC(CCSc1ncc[nH]1)c1nc(-c2ccccc2)c(-c2ccccc2)[nH]1. The highest BCUT2D eigenvalue weighted by Gasteiger charge is 2.18. The Hall–Kier alpha value is -2.44. The van der Waals surface area contributed by atoms with Crippen LogP contribution in [0, 0.1) is 0 Å². The Balaban J connectivity index is 1.59. The molecule has 0 bridgehead atoms. The minimum absolute atomic E-state index is 0.0346. The number of thioether (sulfide) groups is 1. The Morgan fingerprint density at radius 3 is 2.33 bits per heavy atom. The van der Waals surface area contributed by atoms with E-state index in [4.69, 9.17) is 17.6 Å². The molecule has 4 rings (SSSR count). The summed E-state index contributed by atoms with van der Waals surface area (Å²) in [4.78, 5) is 15.8. The van der Waals surface area contributed by atoms with Gasteiger partial charge in [0.05, 0.1) is 16.6 Å². The molecule has 2 aromatic heterocycles. The van der Waals surface area contributed by atoms with Crippen molar-refractivity contribution in [3.63, 3.8) is 0 Å². The minimum atomic E-state index is 0.0346. The van der Waals surface area contributed by atoms with Gasteiger partial charge in [-0.05, 0) is 6.42 Å². The lowest BCUT2D eigenvalue weighted by Gasteiger charge is -2.06. The molecule has 0 saturated carbocycles. The van der Waals surface area contributed by atoms with Gasteiger partial charge in [0.2, 0.25) is 0 Å². The molecule has 4 nitrogen and oxygen atoms in total. The van der Waals surface area contributed by atoms with Crippen LogP contribution in [0.3, 0.4) is 0 Å². The van der Waals surface area contributed by atoms with Crippen LogP contribution in [0.5, 0.6) is 0 Å². The van der Waals surface area contributed by atoms with Crippen LogP contribution in [0.2, 0.25) is 0 Å². The number of nitrogens with one attached hydrogen (secondary N) is 2. The molecular weight excluding hydrogens is 372 g/mol. The van der Waals surface area contributed by atoms with Gasteiger partial charge in [-0.3, -0.25) is 0 Å². The molecule has 6 heteroatoms. The largest absolute Gasteiger partial charge is 0.341 e. The molecule has 2 N–H and O–H groups in total. The third kappa shape index (κ3) is 4.28. The molecule has 0 radical (unpaired) electrons. The van der Waals surface area contributed by atoms with E-state index in [9.17, 15) is 0 Å². The van der Waals surface area contributed by atoms with Gasteiger partial charge in [-0.2, -0.15) is 12.6 Å². The predicted octanol–water partition coefficient (Wildman–Crippen LogP) is 5.62. The molecule has 0 aliphatic rings. The molecule has 4 aromatic rings. The smallest absolute Gasteiger partial charge is 0.165 e. The monoisotopic (exact) mass is 392 g/mol. The number of aromatic nitrogens is 4. The van der Waals surface area contributed by atoms with Crippen LogP contribution in [0.25, 0.3) is 22.5 Å². The molecule has 0 saturated heterocycles. The number of hydrogen-bond acceptors (Lipinski definition) is 4. The number of imidazole rings is 2. The molecule has 0 aliphatic carbocycles. The van der Waals surface area contributed by atoms with E-state index in [0.717, 1.165) is 45.7 Å². The van der Waals surface area contributed by atoms with Gasteiger partial charge in [-0.25, -0.2) is 9.97 Å². The van der Waals surface area contributed by atoms with Crippen molar-refractivity contribution in [2.75, 3.05) is 5.75 Å². The first-order chi connectivity index (χ1) is 13.3. The molecule has 27 heavy (non-hydrogen) atoms. The maximum absolute atomic E-state index is 4.91. The molecule has 0 amide bonds. The van der Waals surface area contributed by atoms with Crippen LogP contribution in [-0.4, -0.2) is 25.7 Å². The second-order valence-corrected chi connectivity index (χ2v) is 7.83. The lowest BCUT2D eigenvalue weighted by molar-refractivity contribution is 0.846. The first kappa shape index (κ1) is 17.9. The van der Waals surface area contributed by atoms with Gasteiger partial charge in [0.25, 0.3) is 0 Å². The zero-order chi connectivity index (χ0) is 18.5. The number of H-pyrrole nitrogens is 2. The highest BCUT2D eigenvalue weighted by atomic mass is 32.2. The summed E-state index contributed by atoms with van der Waals surface area (Å²) in [6.07, 6.45) is 4.50. The van der Waals surface area contributed by atoms with Gasteiger partial charge in [0, 0.05) is 29.3 Å². The van der Waals surface area contributed by atoms with Crippen molar-refractivity contribution in [1.29, 1.82) is 0 Å². The van der Waals surface area contributed by atoms with E-state index < -0.39 is 0 Å². The van der Waals surface area contributed by atoms with Crippen LogP contribution in [0.15, 0.2) is 78.2 Å². The fraction of sp³-hybridized carbons (Fsp3) is 0.143. The highest BCUT2D eigenvalue weighted by Crippen LogP contribution is 2.34. The molecule has 2 aromatic carbocycles. The Kier molecular flexibility index (Phi) is 5.65. The second-order valence-electron chi connectivity index (χ2n) is 6.12. The zero-order valence-corrected chi connectivity index (χ0v) is 16.4. The van der Waals surface area contributed by atoms with Crippen molar-refractivity contribution in [3.8, 4) is 22.5 Å². The lowest BCUT2D eigenvalue weighted by atomic mass is 10.1. The highest BCUT2D eigenvalue weighted by molar-refractivity contribution is 7.99. The molecule has 2 heterocycles. The quantitative estimate of drug-likeness (QED) is 0.283. The third-order valence-corrected chi connectivity index (χ3v) is 5.69. The van der Waals surface area contributed by atoms with Crippen molar-refractivity contribution in [2.45, 2.75) is 16.8 Å². The van der Waals surface area contributed by atoms with Gasteiger partial charge in [-0.15, -0.1) is 0 Å². The maximum Gasteiger partial charge on any atom is 0.165 e. The molecule has 136 valence electrons. The zero-order valence-electron chi connectivity index (χ0n) is 14.7. The van der Waals surface area contributed by atoms with Crippen LogP contribution in [-0.2, 0) is 0 Å². The van der Waals surface area contributed by atoms with Crippen molar-refractivity contribution in [3.05, 3.63) is 78.9 Å². The number of benzene rings is 2. The topological polar surface area (TPSA) is 57.4 Å². The van der Waals surface area contributed by atoms with Crippen molar-refractivity contribution >= 4 is 24.4 Å². The van der Waals surface area contributed by atoms with Crippen molar-refractivity contribution in [2.24, 2.45) is 0 Å². The number of nitrogens with zero attached hydrogens (tertiary/aromatic N) is 2. The number of aromatic amines is 2. The Morgan fingerprint density at radius 1 is 0.963 bits per heavy atom. The molecule has 0 fully saturated rings. The van der Waals surface area contributed by atoms with E-state index in [2.05, 4.69) is 39.2 Å². The normalized spacial score (nSPS) is 12.2. The van der Waals surface area contributed by atoms with E-state index in [1.807, 2.05) is 42.6 Å². The van der Waals surface area contributed by atoms with Gasteiger partial charge >= 0.3 is 0 Å². The number of hydrogen-bond donors (Lipinski definition) is 3. The van der Waals surface area contributed by atoms with E-state index in [-0.39, 0.29) is 5.25 Å². The van der Waals surface area contributed by atoms with Crippen molar-refractivity contribution in [1.82, 2.24) is 19.9 Å². The summed E-state index contributed by atoms with van der Waals surface area (Å²) in [6, 6.07) is 20.6. The van der Waals surface area contributed by atoms with Gasteiger partial charge in [-0.1, -0.05) is 72.4 Å². The Morgan fingerprint density at radius 2 is 1.67 bits per heavy atom. The summed E-state index contributed by atoms with van der Waals surface area (Å²) in [6.45, 7) is 0. The standard InChI is InChI=1S/C21H20N4S2/c26-17(11-14-27-21-22-12-13-23-21)20-24-18(15-7-3-1-4-8-15)19(25-20)16-9-5-2-6-10-16/h1-10,12-13,17,26H,11,14H2,(H,22,23)(H,24,25). The fourth-order valence-corrected chi connectivity index (χ4v) is 4.16. The summed E-state index contributed by atoms with van der Waals surface area (Å²) in [5, 5.41) is 0.970. The van der Waals surface area contributed by atoms with Crippen LogP contribution < -0.4 is 0 Å². The van der Waals surface area contributed by atoms with E-state index in [0.29, 0.717) is 0 Å². The average Bonchev–Trinajstić information content (AvgIpc) is 3.39. The average molecular weight is 393 g/mol. The summed E-state index contributed by atoms with van der Waals surface area (Å²) >= 11 is 6.50. The Bertz CT molecular complexity index is 909. The molecule has 0 aliphatic heterocycles.